The van der Waals surface area contributed by atoms with Crippen LogP contribution in [0.4, 0.5) is 0 Å². The molecule has 2 aromatic heterocycles. The van der Waals surface area contributed by atoms with Crippen LogP contribution in [0.15, 0.2) is 16.0 Å². The van der Waals surface area contributed by atoms with E-state index >= 15 is 0 Å². The molecule has 106 valence electrons. The molecule has 0 saturated heterocycles. The minimum absolute atomic E-state index is 0.111. The van der Waals surface area contributed by atoms with E-state index in [0.717, 1.165) is 33.2 Å². The predicted molar refractivity (Wildman–Crippen MR) is 85.3 cm³/mol. The molecule has 1 fully saturated rings. The van der Waals surface area contributed by atoms with Crippen molar-refractivity contribution in [3.8, 4) is 0 Å². The lowest BCUT2D eigenvalue weighted by Crippen LogP contribution is -2.11. The molecule has 0 radical (unpaired) electrons. The molecule has 1 aliphatic rings. The fourth-order valence-corrected chi connectivity index (χ4v) is 3.47. The van der Waals surface area contributed by atoms with Crippen molar-refractivity contribution in [3.63, 3.8) is 0 Å². The molecule has 1 aliphatic carbocycles. The molecule has 0 N–H and O–H groups in total. The molecule has 0 amide bonds. The number of hydrogen-bond acceptors (Lipinski definition) is 4. The number of aromatic nitrogens is 3. The number of nitrogens with zero attached hydrogens (tertiary/aromatic N) is 3. The Morgan fingerprint density at radius 1 is 1.25 bits per heavy atom. The zero-order chi connectivity index (χ0) is 14.3. The summed E-state index contributed by atoms with van der Waals surface area (Å²) in [5, 5.41) is 3.29. The van der Waals surface area contributed by atoms with E-state index in [9.17, 15) is 0 Å². The van der Waals surface area contributed by atoms with Gasteiger partial charge in [-0.3, -0.25) is 0 Å². The fraction of sp³-hybridized carbons (Fsp3) is 0.533. The zero-order valence-corrected chi connectivity index (χ0v) is 14.4. The highest BCUT2D eigenvalue weighted by Gasteiger charge is 2.27. The lowest BCUT2D eigenvalue weighted by Gasteiger charge is -2.14. The first-order valence-electron chi connectivity index (χ1n) is 6.90. The molecule has 3 nitrogen and oxygen atoms in total. The monoisotopic (exact) mass is 351 g/mol. The maximum absolute atomic E-state index is 4.74. The van der Waals surface area contributed by atoms with Crippen molar-refractivity contribution in [3.05, 3.63) is 38.3 Å². The van der Waals surface area contributed by atoms with Crippen molar-refractivity contribution in [1.29, 1.82) is 0 Å². The summed E-state index contributed by atoms with van der Waals surface area (Å²) in [7, 11) is 0. The van der Waals surface area contributed by atoms with Gasteiger partial charge in [-0.2, -0.15) is 0 Å². The second-order valence-electron chi connectivity index (χ2n) is 6.37. The quantitative estimate of drug-likeness (QED) is 0.766. The third kappa shape index (κ3) is 3.26. The van der Waals surface area contributed by atoms with Gasteiger partial charge < -0.3 is 0 Å². The summed E-state index contributed by atoms with van der Waals surface area (Å²) in [4.78, 5) is 13.9. The highest BCUT2D eigenvalue weighted by molar-refractivity contribution is 9.10. The van der Waals surface area contributed by atoms with Crippen LogP contribution >= 0.6 is 27.3 Å². The van der Waals surface area contributed by atoms with Gasteiger partial charge in [0.05, 0.1) is 16.4 Å². The summed E-state index contributed by atoms with van der Waals surface area (Å²) in [6.07, 6.45) is 3.24. The van der Waals surface area contributed by atoms with Crippen LogP contribution in [-0.4, -0.2) is 15.0 Å². The number of thiazole rings is 1. The van der Waals surface area contributed by atoms with Crippen LogP contribution in [0, 0.1) is 0 Å². The molecule has 0 bridgehead atoms. The topological polar surface area (TPSA) is 38.7 Å². The molecular weight excluding hydrogens is 334 g/mol. The van der Waals surface area contributed by atoms with Crippen molar-refractivity contribution < 1.29 is 0 Å². The summed E-state index contributed by atoms with van der Waals surface area (Å²) >= 11 is 5.21. The summed E-state index contributed by atoms with van der Waals surface area (Å²) < 4.78 is 0.886. The lowest BCUT2D eigenvalue weighted by molar-refractivity contribution is 0.571. The van der Waals surface area contributed by atoms with Gasteiger partial charge in [-0.05, 0) is 34.8 Å². The molecule has 1 saturated carbocycles. The minimum Gasteiger partial charge on any atom is -0.245 e. The standard InChI is InChI=1S/C15H18BrN3S/c1-15(2,3)11-8-20-13(18-11)7-10-6-12(16)19-14(17-10)9-4-5-9/h6,8-9H,4-5,7H2,1-3H3. The molecule has 2 heterocycles. The van der Waals surface area contributed by atoms with E-state index in [1.807, 2.05) is 6.07 Å². The second kappa shape index (κ2) is 5.19. The van der Waals surface area contributed by atoms with Gasteiger partial charge in [-0.1, -0.05) is 20.8 Å². The molecule has 5 heteroatoms. The van der Waals surface area contributed by atoms with Gasteiger partial charge in [0, 0.05) is 23.1 Å². The second-order valence-corrected chi connectivity index (χ2v) is 8.12. The molecule has 0 spiro atoms. The van der Waals surface area contributed by atoms with E-state index < -0.39 is 0 Å². The molecule has 0 unspecified atom stereocenters. The van der Waals surface area contributed by atoms with Crippen molar-refractivity contribution in [2.45, 2.75) is 51.4 Å². The SMILES string of the molecule is CC(C)(C)c1csc(Cc2cc(Br)nc(C3CC3)n2)n1. The molecular formula is C15H18BrN3S. The van der Waals surface area contributed by atoms with Crippen LogP contribution in [-0.2, 0) is 11.8 Å². The molecule has 0 atom stereocenters. The predicted octanol–water partition coefficient (Wildman–Crippen LogP) is 4.46. The van der Waals surface area contributed by atoms with Crippen LogP contribution in [0.1, 0.15) is 61.8 Å². The fourth-order valence-electron chi connectivity index (χ4n) is 1.99. The minimum atomic E-state index is 0.111. The summed E-state index contributed by atoms with van der Waals surface area (Å²) in [6.45, 7) is 6.58. The number of halogens is 1. The van der Waals surface area contributed by atoms with Crippen molar-refractivity contribution in [1.82, 2.24) is 15.0 Å². The van der Waals surface area contributed by atoms with E-state index in [1.54, 1.807) is 11.3 Å². The summed E-state index contributed by atoms with van der Waals surface area (Å²) in [6, 6.07) is 2.00. The first-order chi connectivity index (χ1) is 9.41. The van der Waals surface area contributed by atoms with Gasteiger partial charge in [0.15, 0.2) is 0 Å². The van der Waals surface area contributed by atoms with Crippen LogP contribution in [0.25, 0.3) is 0 Å². The third-order valence-electron chi connectivity index (χ3n) is 3.36. The maximum atomic E-state index is 4.74. The molecule has 3 rings (SSSR count). The van der Waals surface area contributed by atoms with E-state index in [4.69, 9.17) is 4.98 Å². The van der Waals surface area contributed by atoms with Crippen LogP contribution in [0.5, 0.6) is 0 Å². The number of hydrogen-bond donors (Lipinski definition) is 0. The Balaban J connectivity index is 1.82. The third-order valence-corrected chi connectivity index (χ3v) is 4.62. The van der Waals surface area contributed by atoms with Gasteiger partial charge in [0.25, 0.3) is 0 Å². The van der Waals surface area contributed by atoms with E-state index in [1.165, 1.54) is 12.8 Å². The van der Waals surface area contributed by atoms with E-state index in [-0.39, 0.29) is 5.41 Å². The van der Waals surface area contributed by atoms with E-state index in [2.05, 4.69) is 52.0 Å². The first-order valence-corrected chi connectivity index (χ1v) is 8.57. The molecule has 20 heavy (non-hydrogen) atoms. The average Bonchev–Trinajstić information content (AvgIpc) is 3.08. The van der Waals surface area contributed by atoms with Gasteiger partial charge in [-0.15, -0.1) is 11.3 Å². The maximum Gasteiger partial charge on any atom is 0.132 e. The Kier molecular flexibility index (Phi) is 3.67. The van der Waals surface area contributed by atoms with Crippen molar-refractivity contribution >= 4 is 27.3 Å². The Labute approximate surface area is 132 Å². The zero-order valence-electron chi connectivity index (χ0n) is 12.0. The first kappa shape index (κ1) is 14.1. The van der Waals surface area contributed by atoms with Gasteiger partial charge in [0.1, 0.15) is 10.4 Å². The van der Waals surface area contributed by atoms with Gasteiger partial charge >= 0.3 is 0 Å². The smallest absolute Gasteiger partial charge is 0.132 e. The van der Waals surface area contributed by atoms with Crippen LogP contribution in [0.2, 0.25) is 0 Å². The van der Waals surface area contributed by atoms with Gasteiger partial charge in [-0.25, -0.2) is 15.0 Å². The Hall–Kier alpha value is -0.810. The molecule has 0 aromatic carbocycles. The van der Waals surface area contributed by atoms with Gasteiger partial charge in [0.2, 0.25) is 0 Å². The highest BCUT2D eigenvalue weighted by atomic mass is 79.9. The average molecular weight is 352 g/mol. The highest BCUT2D eigenvalue weighted by Crippen LogP contribution is 2.38. The summed E-state index contributed by atoms with van der Waals surface area (Å²) in [5.74, 6) is 1.56. The Morgan fingerprint density at radius 3 is 2.60 bits per heavy atom. The largest absolute Gasteiger partial charge is 0.245 e. The van der Waals surface area contributed by atoms with Crippen molar-refractivity contribution in [2.75, 3.05) is 0 Å². The summed E-state index contributed by atoms with van der Waals surface area (Å²) in [5.41, 5.74) is 2.33. The van der Waals surface area contributed by atoms with Crippen LogP contribution in [0.3, 0.4) is 0 Å². The number of rotatable bonds is 3. The van der Waals surface area contributed by atoms with E-state index in [0.29, 0.717) is 5.92 Å². The Morgan fingerprint density at radius 2 is 2.00 bits per heavy atom. The normalized spacial score (nSPS) is 15.6. The van der Waals surface area contributed by atoms with Crippen molar-refractivity contribution in [2.24, 2.45) is 0 Å². The Bertz CT molecular complexity index is 626. The molecule has 2 aromatic rings. The lowest BCUT2D eigenvalue weighted by atomic mass is 9.93. The molecule has 0 aliphatic heterocycles. The van der Waals surface area contributed by atoms with Crippen LogP contribution < -0.4 is 0 Å².